The van der Waals surface area contributed by atoms with Crippen molar-refractivity contribution in [2.75, 3.05) is 33.4 Å². The molecule has 0 aliphatic carbocycles. The van der Waals surface area contributed by atoms with Crippen LogP contribution < -0.4 is 4.74 Å². The third-order valence-electron chi connectivity index (χ3n) is 3.55. The fourth-order valence-electron chi connectivity index (χ4n) is 2.36. The maximum Gasteiger partial charge on any atom is 0.335 e. The molecule has 1 N–H and O–H groups in total. The third-order valence-corrected chi connectivity index (χ3v) is 3.55. The number of carboxylic acids is 1. The molecule has 1 atom stereocenters. The highest BCUT2D eigenvalue weighted by molar-refractivity contribution is 5.87. The van der Waals surface area contributed by atoms with E-state index in [1.54, 1.807) is 31.4 Å². The lowest BCUT2D eigenvalue weighted by molar-refractivity contribution is 0.0697. The molecule has 20 heavy (non-hydrogen) atoms. The molecule has 0 amide bonds. The molecule has 5 heteroatoms. The molecule has 1 fully saturated rings. The minimum atomic E-state index is -0.918. The van der Waals surface area contributed by atoms with E-state index >= 15 is 0 Å². The van der Waals surface area contributed by atoms with E-state index in [2.05, 4.69) is 4.90 Å². The van der Waals surface area contributed by atoms with Crippen LogP contribution in [0.4, 0.5) is 0 Å². The van der Waals surface area contributed by atoms with Crippen LogP contribution in [0.3, 0.4) is 0 Å². The molecule has 1 saturated heterocycles. The Morgan fingerprint density at radius 3 is 2.75 bits per heavy atom. The maximum absolute atomic E-state index is 10.7. The van der Waals surface area contributed by atoms with E-state index in [-0.39, 0.29) is 5.56 Å². The summed E-state index contributed by atoms with van der Waals surface area (Å²) in [6.07, 6.45) is 2.44. The molecule has 0 aromatic heterocycles. The molecule has 1 aromatic rings. The fraction of sp³-hybridized carbons (Fsp3) is 0.533. The topological polar surface area (TPSA) is 59.0 Å². The van der Waals surface area contributed by atoms with Crippen LogP contribution >= 0.6 is 0 Å². The molecule has 1 unspecified atom stereocenters. The predicted molar refractivity (Wildman–Crippen MR) is 75.4 cm³/mol. The van der Waals surface area contributed by atoms with Gasteiger partial charge in [0.15, 0.2) is 0 Å². The quantitative estimate of drug-likeness (QED) is 0.772. The molecular weight excluding hydrogens is 258 g/mol. The maximum atomic E-state index is 10.7. The minimum Gasteiger partial charge on any atom is -0.494 e. The van der Waals surface area contributed by atoms with E-state index in [9.17, 15) is 4.79 Å². The number of rotatable bonds is 7. The highest BCUT2D eigenvalue weighted by atomic mass is 16.5. The smallest absolute Gasteiger partial charge is 0.335 e. The Balaban J connectivity index is 1.65. The number of aromatic carboxylic acids is 1. The zero-order valence-electron chi connectivity index (χ0n) is 11.7. The summed E-state index contributed by atoms with van der Waals surface area (Å²) in [6.45, 7) is 3.74. The molecular formula is C15H21NO4. The number of nitrogens with zero attached hydrogens (tertiary/aromatic N) is 1. The molecule has 110 valence electrons. The van der Waals surface area contributed by atoms with E-state index in [1.165, 1.54) is 0 Å². The normalized spacial score (nSPS) is 19.1. The Bertz CT molecular complexity index is 432. The highest BCUT2D eigenvalue weighted by Gasteiger charge is 2.21. The van der Waals surface area contributed by atoms with Crippen molar-refractivity contribution in [3.63, 3.8) is 0 Å². The van der Waals surface area contributed by atoms with Crippen LogP contribution in [0.25, 0.3) is 0 Å². The van der Waals surface area contributed by atoms with Gasteiger partial charge in [-0.1, -0.05) is 0 Å². The Hall–Kier alpha value is -1.59. The zero-order chi connectivity index (χ0) is 14.4. The van der Waals surface area contributed by atoms with Gasteiger partial charge in [-0.25, -0.2) is 4.79 Å². The average Bonchev–Trinajstić information content (AvgIpc) is 2.92. The lowest BCUT2D eigenvalue weighted by Gasteiger charge is -2.15. The number of ether oxygens (including phenoxy) is 2. The summed E-state index contributed by atoms with van der Waals surface area (Å²) in [5, 5.41) is 8.80. The van der Waals surface area contributed by atoms with Crippen LogP contribution in [0.1, 0.15) is 23.2 Å². The van der Waals surface area contributed by atoms with E-state index in [0.29, 0.717) is 18.5 Å². The van der Waals surface area contributed by atoms with Crippen LogP contribution in [-0.4, -0.2) is 55.4 Å². The van der Waals surface area contributed by atoms with E-state index in [4.69, 9.17) is 14.6 Å². The number of likely N-dealkylation sites (tertiary alicyclic amines) is 1. The van der Waals surface area contributed by atoms with E-state index in [0.717, 1.165) is 32.5 Å². The molecule has 1 heterocycles. The van der Waals surface area contributed by atoms with Gasteiger partial charge in [0.05, 0.1) is 18.3 Å². The summed E-state index contributed by atoms with van der Waals surface area (Å²) in [6, 6.07) is 6.50. The average molecular weight is 279 g/mol. The summed E-state index contributed by atoms with van der Waals surface area (Å²) in [4.78, 5) is 13.1. The fourth-order valence-corrected chi connectivity index (χ4v) is 2.36. The SMILES string of the molecule is COC1CCN(CCCOc2ccc(C(=O)O)cc2)C1. The van der Waals surface area contributed by atoms with Gasteiger partial charge in [0.2, 0.25) is 0 Å². The van der Waals surface area contributed by atoms with Crippen molar-refractivity contribution >= 4 is 5.97 Å². The molecule has 0 saturated carbocycles. The molecule has 0 radical (unpaired) electrons. The number of hydrogen-bond donors (Lipinski definition) is 1. The van der Waals surface area contributed by atoms with Crippen LogP contribution in [0, 0.1) is 0 Å². The number of hydrogen-bond acceptors (Lipinski definition) is 4. The standard InChI is InChI=1S/C15H21NO4/c1-19-14-7-9-16(11-14)8-2-10-20-13-5-3-12(4-6-13)15(17)18/h3-6,14H,2,7-11H2,1H3,(H,17,18). The number of methoxy groups -OCH3 is 1. The first kappa shape index (κ1) is 14.8. The van der Waals surface area contributed by atoms with Crippen molar-refractivity contribution in [3.8, 4) is 5.75 Å². The van der Waals surface area contributed by atoms with Crippen molar-refractivity contribution in [3.05, 3.63) is 29.8 Å². The Morgan fingerprint density at radius 2 is 2.15 bits per heavy atom. The van der Waals surface area contributed by atoms with Crippen molar-refractivity contribution < 1.29 is 19.4 Å². The van der Waals surface area contributed by atoms with Gasteiger partial charge in [-0.3, -0.25) is 0 Å². The predicted octanol–water partition coefficient (Wildman–Crippen LogP) is 1.87. The first-order valence-electron chi connectivity index (χ1n) is 6.90. The Morgan fingerprint density at radius 1 is 1.40 bits per heavy atom. The molecule has 1 aliphatic heterocycles. The van der Waals surface area contributed by atoms with Gasteiger partial charge in [0, 0.05) is 26.7 Å². The monoisotopic (exact) mass is 279 g/mol. The summed E-state index contributed by atoms with van der Waals surface area (Å²) in [5.41, 5.74) is 0.278. The van der Waals surface area contributed by atoms with Crippen LogP contribution in [0.2, 0.25) is 0 Å². The lowest BCUT2D eigenvalue weighted by Crippen LogP contribution is -2.25. The van der Waals surface area contributed by atoms with Crippen molar-refractivity contribution in [1.29, 1.82) is 0 Å². The summed E-state index contributed by atoms with van der Waals surface area (Å²) in [5.74, 6) is -0.204. The van der Waals surface area contributed by atoms with E-state index in [1.807, 2.05) is 0 Å². The molecule has 5 nitrogen and oxygen atoms in total. The van der Waals surface area contributed by atoms with Crippen molar-refractivity contribution in [2.24, 2.45) is 0 Å². The Labute approximate surface area is 119 Å². The first-order chi connectivity index (χ1) is 9.69. The second-order valence-electron chi connectivity index (χ2n) is 4.98. The second kappa shape index (κ2) is 7.26. The summed E-state index contributed by atoms with van der Waals surface area (Å²) >= 11 is 0. The largest absolute Gasteiger partial charge is 0.494 e. The lowest BCUT2D eigenvalue weighted by atomic mass is 10.2. The van der Waals surface area contributed by atoms with Crippen LogP contribution in [0.5, 0.6) is 5.75 Å². The Kier molecular flexibility index (Phi) is 5.38. The number of carboxylic acid groups (broad SMARTS) is 1. The second-order valence-corrected chi connectivity index (χ2v) is 4.98. The van der Waals surface area contributed by atoms with Gasteiger partial charge in [-0.2, -0.15) is 0 Å². The molecule has 1 aliphatic rings. The van der Waals surface area contributed by atoms with Crippen molar-refractivity contribution in [2.45, 2.75) is 18.9 Å². The highest BCUT2D eigenvalue weighted by Crippen LogP contribution is 2.14. The first-order valence-corrected chi connectivity index (χ1v) is 6.90. The summed E-state index contributed by atoms with van der Waals surface area (Å²) in [7, 11) is 1.76. The summed E-state index contributed by atoms with van der Waals surface area (Å²) < 4.78 is 10.9. The van der Waals surface area contributed by atoms with Crippen LogP contribution in [-0.2, 0) is 4.74 Å². The van der Waals surface area contributed by atoms with Crippen LogP contribution in [0.15, 0.2) is 24.3 Å². The molecule has 0 bridgehead atoms. The van der Waals surface area contributed by atoms with Crippen molar-refractivity contribution in [1.82, 2.24) is 4.90 Å². The van der Waals surface area contributed by atoms with Gasteiger partial charge in [0.25, 0.3) is 0 Å². The molecule has 1 aromatic carbocycles. The number of carbonyl (C=O) groups is 1. The van der Waals surface area contributed by atoms with Gasteiger partial charge in [-0.15, -0.1) is 0 Å². The molecule has 2 rings (SSSR count). The molecule has 0 spiro atoms. The van der Waals surface area contributed by atoms with Gasteiger partial charge in [-0.05, 0) is 37.1 Å². The van der Waals surface area contributed by atoms with Gasteiger partial charge < -0.3 is 19.5 Å². The third kappa shape index (κ3) is 4.21. The zero-order valence-corrected chi connectivity index (χ0v) is 11.7. The minimum absolute atomic E-state index is 0.278. The van der Waals surface area contributed by atoms with Gasteiger partial charge in [0.1, 0.15) is 5.75 Å². The number of benzene rings is 1. The van der Waals surface area contributed by atoms with Gasteiger partial charge >= 0.3 is 5.97 Å². The van der Waals surface area contributed by atoms with E-state index < -0.39 is 5.97 Å².